The second-order valence-corrected chi connectivity index (χ2v) is 4.55. The van der Waals surface area contributed by atoms with Gasteiger partial charge < -0.3 is 10.8 Å². The molecule has 1 aliphatic carbocycles. The molecule has 1 aromatic rings. The van der Waals surface area contributed by atoms with Crippen molar-refractivity contribution < 1.29 is 9.90 Å². The number of aliphatic carboxylic acids is 1. The fourth-order valence-corrected chi connectivity index (χ4v) is 2.60. The van der Waals surface area contributed by atoms with Gasteiger partial charge in [-0.1, -0.05) is 43.2 Å². The third-order valence-electron chi connectivity index (χ3n) is 3.56. The van der Waals surface area contributed by atoms with Gasteiger partial charge in [0.1, 0.15) is 5.54 Å². The van der Waals surface area contributed by atoms with Crippen molar-refractivity contribution in [2.45, 2.75) is 37.1 Å². The summed E-state index contributed by atoms with van der Waals surface area (Å²) in [5.41, 5.74) is 6.04. The lowest BCUT2D eigenvalue weighted by molar-refractivity contribution is -0.145. The van der Waals surface area contributed by atoms with Gasteiger partial charge in [0.25, 0.3) is 0 Å². The van der Waals surface area contributed by atoms with Crippen LogP contribution in [0, 0.1) is 0 Å². The van der Waals surface area contributed by atoms with Crippen LogP contribution in [0.25, 0.3) is 0 Å². The number of carbonyl (C=O) groups is 1. The number of hydrogen-bond donors (Lipinski definition) is 2. The van der Waals surface area contributed by atoms with Crippen LogP contribution < -0.4 is 5.73 Å². The Morgan fingerprint density at radius 1 is 1.29 bits per heavy atom. The quantitative estimate of drug-likeness (QED) is 0.854. The minimum atomic E-state index is -1.08. The topological polar surface area (TPSA) is 63.3 Å². The van der Waals surface area contributed by atoms with E-state index in [1.54, 1.807) is 0 Å². The molecule has 0 amide bonds. The van der Waals surface area contributed by atoms with Gasteiger partial charge in [-0.3, -0.25) is 4.79 Å². The normalized spacial score (nSPS) is 28.2. The highest BCUT2D eigenvalue weighted by atomic mass is 35.5. The summed E-state index contributed by atoms with van der Waals surface area (Å²) >= 11 is 0. The van der Waals surface area contributed by atoms with Gasteiger partial charge in [0.15, 0.2) is 0 Å². The van der Waals surface area contributed by atoms with E-state index in [4.69, 9.17) is 5.73 Å². The molecule has 3 N–H and O–H groups in total. The predicted octanol–water partition coefficient (Wildman–Crippen LogP) is 2.55. The highest BCUT2D eigenvalue weighted by Crippen LogP contribution is 2.39. The molecular weight excluding hydrogens is 238 g/mol. The van der Waals surface area contributed by atoms with Gasteiger partial charge in [0.2, 0.25) is 0 Å². The predicted molar refractivity (Wildman–Crippen MR) is 69.5 cm³/mol. The van der Waals surface area contributed by atoms with E-state index in [-0.39, 0.29) is 18.3 Å². The van der Waals surface area contributed by atoms with E-state index in [0.717, 1.165) is 24.8 Å². The Labute approximate surface area is 107 Å². The third kappa shape index (κ3) is 2.61. The maximum Gasteiger partial charge on any atom is 0.324 e. The van der Waals surface area contributed by atoms with Gasteiger partial charge in [-0.2, -0.15) is 0 Å². The lowest BCUT2D eigenvalue weighted by atomic mass is 9.70. The first-order chi connectivity index (χ1) is 7.64. The molecule has 0 aliphatic heterocycles. The van der Waals surface area contributed by atoms with Gasteiger partial charge in [0.05, 0.1) is 0 Å². The molecule has 0 bridgehead atoms. The molecule has 4 heteroatoms. The largest absolute Gasteiger partial charge is 0.480 e. The summed E-state index contributed by atoms with van der Waals surface area (Å²) in [5.74, 6) is -0.930. The van der Waals surface area contributed by atoms with Crippen LogP contribution in [-0.2, 0) is 4.79 Å². The molecule has 2 atom stereocenters. The molecule has 0 radical (unpaired) electrons. The van der Waals surface area contributed by atoms with E-state index < -0.39 is 11.5 Å². The molecule has 1 saturated carbocycles. The molecule has 94 valence electrons. The summed E-state index contributed by atoms with van der Waals surface area (Å²) in [7, 11) is 0. The first-order valence-corrected chi connectivity index (χ1v) is 5.72. The Bertz CT molecular complexity index is 382. The summed E-state index contributed by atoms with van der Waals surface area (Å²) in [4.78, 5) is 11.3. The highest BCUT2D eigenvalue weighted by Gasteiger charge is 2.44. The van der Waals surface area contributed by atoms with Crippen molar-refractivity contribution in [3.8, 4) is 0 Å². The monoisotopic (exact) mass is 255 g/mol. The van der Waals surface area contributed by atoms with Gasteiger partial charge >= 0.3 is 5.97 Å². The Morgan fingerprint density at radius 2 is 1.94 bits per heavy atom. The molecule has 0 unspecified atom stereocenters. The molecule has 0 spiro atoms. The smallest absolute Gasteiger partial charge is 0.324 e. The van der Waals surface area contributed by atoms with Crippen LogP contribution in [0.2, 0.25) is 0 Å². The Balaban J connectivity index is 0.00000144. The average molecular weight is 256 g/mol. The van der Waals surface area contributed by atoms with Crippen molar-refractivity contribution in [2.24, 2.45) is 5.73 Å². The molecule has 1 aliphatic rings. The lowest BCUT2D eigenvalue weighted by Gasteiger charge is -2.38. The minimum Gasteiger partial charge on any atom is -0.480 e. The zero-order chi connectivity index (χ0) is 11.6. The number of hydrogen-bond acceptors (Lipinski definition) is 2. The maximum absolute atomic E-state index is 11.3. The van der Waals surface area contributed by atoms with Gasteiger partial charge in [-0.05, 0) is 18.4 Å². The fraction of sp³-hybridized carbons (Fsp3) is 0.462. The van der Waals surface area contributed by atoms with Crippen molar-refractivity contribution in [3.05, 3.63) is 35.9 Å². The van der Waals surface area contributed by atoms with Crippen molar-refractivity contribution in [1.29, 1.82) is 0 Å². The molecule has 17 heavy (non-hydrogen) atoms. The van der Waals surface area contributed by atoms with E-state index in [9.17, 15) is 9.90 Å². The summed E-state index contributed by atoms with van der Waals surface area (Å²) in [6.45, 7) is 0. The summed E-state index contributed by atoms with van der Waals surface area (Å²) in [6, 6.07) is 9.75. The number of carboxylic acid groups (broad SMARTS) is 1. The van der Waals surface area contributed by atoms with Crippen LogP contribution in [-0.4, -0.2) is 16.6 Å². The number of rotatable bonds is 2. The molecule has 1 fully saturated rings. The second-order valence-electron chi connectivity index (χ2n) is 4.55. The highest BCUT2D eigenvalue weighted by molar-refractivity contribution is 5.85. The van der Waals surface area contributed by atoms with Crippen LogP contribution in [0.15, 0.2) is 30.3 Å². The Hall–Kier alpha value is -1.06. The number of halogens is 1. The van der Waals surface area contributed by atoms with E-state index >= 15 is 0 Å². The summed E-state index contributed by atoms with van der Waals surface area (Å²) < 4.78 is 0. The summed E-state index contributed by atoms with van der Waals surface area (Å²) in [5, 5.41) is 9.30. The van der Waals surface area contributed by atoms with Crippen LogP contribution >= 0.6 is 12.4 Å². The standard InChI is InChI=1S/C13H17NO2.ClH/c14-13(12(15)16)9-5-4-8-11(13)10-6-2-1-3-7-10;/h1-3,6-7,11H,4-5,8-9,14H2,(H,15,16);1H/t11-,13+;/m1./s1. The SMILES string of the molecule is Cl.N[C@@]1(C(=O)O)CCCC[C@@H]1c1ccccc1. The van der Waals surface area contributed by atoms with Crippen LogP contribution in [0.4, 0.5) is 0 Å². The zero-order valence-electron chi connectivity index (χ0n) is 9.63. The number of nitrogens with two attached hydrogens (primary N) is 1. The molecule has 3 nitrogen and oxygen atoms in total. The lowest BCUT2D eigenvalue weighted by Crippen LogP contribution is -2.54. The van der Waals surface area contributed by atoms with Crippen molar-refractivity contribution in [1.82, 2.24) is 0 Å². The molecule has 0 aromatic heterocycles. The Kier molecular flexibility index (Phi) is 4.54. The van der Waals surface area contributed by atoms with Crippen molar-refractivity contribution >= 4 is 18.4 Å². The van der Waals surface area contributed by atoms with Gasteiger partial charge in [0, 0.05) is 5.92 Å². The minimum absolute atomic E-state index is 0. The third-order valence-corrected chi connectivity index (χ3v) is 3.56. The van der Waals surface area contributed by atoms with Crippen LogP contribution in [0.5, 0.6) is 0 Å². The molecule has 0 saturated heterocycles. The first-order valence-electron chi connectivity index (χ1n) is 5.72. The van der Waals surface area contributed by atoms with Crippen molar-refractivity contribution in [2.75, 3.05) is 0 Å². The molecular formula is C13H18ClNO2. The molecule has 1 aromatic carbocycles. The second kappa shape index (κ2) is 5.52. The first kappa shape index (κ1) is 14.0. The van der Waals surface area contributed by atoms with Crippen LogP contribution in [0.3, 0.4) is 0 Å². The van der Waals surface area contributed by atoms with Crippen molar-refractivity contribution in [3.63, 3.8) is 0 Å². The number of carboxylic acids is 1. The fourth-order valence-electron chi connectivity index (χ4n) is 2.60. The number of benzene rings is 1. The molecule has 0 heterocycles. The van der Waals surface area contributed by atoms with Crippen LogP contribution in [0.1, 0.15) is 37.2 Å². The molecule has 2 rings (SSSR count). The average Bonchev–Trinajstić information content (AvgIpc) is 2.30. The van der Waals surface area contributed by atoms with Gasteiger partial charge in [-0.15, -0.1) is 12.4 Å². The zero-order valence-corrected chi connectivity index (χ0v) is 10.5. The van der Waals surface area contributed by atoms with E-state index in [1.165, 1.54) is 0 Å². The van der Waals surface area contributed by atoms with Gasteiger partial charge in [-0.25, -0.2) is 0 Å². The van der Waals surface area contributed by atoms with E-state index in [2.05, 4.69) is 0 Å². The summed E-state index contributed by atoms with van der Waals surface area (Å²) in [6.07, 6.45) is 3.41. The van der Waals surface area contributed by atoms with E-state index in [0.29, 0.717) is 6.42 Å². The Morgan fingerprint density at radius 3 is 2.53 bits per heavy atom. The van der Waals surface area contributed by atoms with E-state index in [1.807, 2.05) is 30.3 Å². The maximum atomic E-state index is 11.3.